The Balaban J connectivity index is 0.00000387. The number of esters is 1. The lowest BCUT2D eigenvalue weighted by atomic mass is 9.79. The molecule has 6 atom stereocenters. The van der Waals surface area contributed by atoms with Crippen LogP contribution in [0.1, 0.15) is 26.1 Å². The number of aromatic nitrogens is 2. The molecule has 0 bridgehead atoms. The van der Waals surface area contributed by atoms with Crippen LogP contribution in [0.25, 0.3) is 4.83 Å². The van der Waals surface area contributed by atoms with Crippen LogP contribution in [0.15, 0.2) is 53.7 Å². The number of amides is 2. The van der Waals surface area contributed by atoms with Gasteiger partial charge in [-0.05, 0) is 13.3 Å². The normalized spacial score (nSPS) is 26.0. The number of likely N-dealkylation sites (tertiary alicyclic amines) is 1. The Bertz CT molecular complexity index is 1390. The number of hydrogen-bond donors (Lipinski definition) is 1. The first-order valence-corrected chi connectivity index (χ1v) is 15.1. The number of β-lactam (4-membered cyclic amide) rings is 1. The average molecular weight is 715 g/mol. The fourth-order valence-electron chi connectivity index (χ4n) is 6.10. The largest absolute Gasteiger partial charge is 1.00 e. The first-order chi connectivity index (χ1) is 19.2. The SMILES string of the molecule is C=CCOC(=O)C1=C(S[C@H]2C[C@@H](Cc3n4ccsc4c[n+]3C)N(C(=O)OCC=C)C2)[C@H](C)[C@@H]2[C@@H]([C@@H](C)O)C(=O)N12.[I-]. The maximum absolute atomic E-state index is 13.2. The maximum Gasteiger partial charge on any atom is 0.410 e. The summed E-state index contributed by atoms with van der Waals surface area (Å²) in [5.74, 6) is -0.509. The molecular formula is C28H35IN4O6S2. The van der Waals surface area contributed by atoms with E-state index in [4.69, 9.17) is 9.47 Å². The lowest BCUT2D eigenvalue weighted by Crippen LogP contribution is -3.00. The van der Waals surface area contributed by atoms with E-state index in [1.54, 1.807) is 29.2 Å². The molecule has 0 aromatic carbocycles. The number of nitrogens with zero attached hydrogens (tertiary/aromatic N) is 4. The van der Waals surface area contributed by atoms with Crippen LogP contribution in [0.5, 0.6) is 0 Å². The molecule has 1 N–H and O–H groups in total. The minimum atomic E-state index is -0.825. The highest BCUT2D eigenvalue weighted by atomic mass is 127. The van der Waals surface area contributed by atoms with Crippen molar-refractivity contribution in [3.8, 4) is 0 Å². The summed E-state index contributed by atoms with van der Waals surface area (Å²) in [5.41, 5.74) is 0.244. The smallest absolute Gasteiger partial charge is 0.410 e. The van der Waals surface area contributed by atoms with E-state index in [1.807, 2.05) is 25.5 Å². The molecule has 0 aliphatic carbocycles. The van der Waals surface area contributed by atoms with Gasteiger partial charge in [-0.15, -0.1) is 11.8 Å². The molecule has 3 aliphatic rings. The van der Waals surface area contributed by atoms with Crippen molar-refractivity contribution < 1.29 is 57.5 Å². The van der Waals surface area contributed by atoms with Gasteiger partial charge in [0.1, 0.15) is 31.3 Å². The summed E-state index contributed by atoms with van der Waals surface area (Å²) >= 11 is 3.18. The van der Waals surface area contributed by atoms with Crippen LogP contribution in [0.3, 0.4) is 0 Å². The fourth-order valence-corrected chi connectivity index (χ4v) is 8.48. The van der Waals surface area contributed by atoms with Crippen LogP contribution in [0.2, 0.25) is 0 Å². The van der Waals surface area contributed by atoms with Crippen LogP contribution < -0.4 is 28.5 Å². The van der Waals surface area contributed by atoms with Crippen LogP contribution >= 0.6 is 23.1 Å². The first-order valence-electron chi connectivity index (χ1n) is 13.3. The number of rotatable bonds is 10. The highest BCUT2D eigenvalue weighted by Gasteiger charge is 2.60. The molecule has 0 radical (unpaired) electrons. The van der Waals surface area contributed by atoms with Gasteiger partial charge in [0.05, 0.1) is 31.5 Å². The Morgan fingerprint density at radius 1 is 1.29 bits per heavy atom. The standard InChI is InChI=1S/C28H35N4O6S2.HI/c1-6-9-37-27(35)24-25(16(3)23-22(17(4)33)26(34)32(23)24)40-19-12-18(31(14-19)28(36)38-10-7-2)13-20-29(5)15-21-30(20)8-11-39-21;/h6-8,11,15-19,22-23,33H,1-2,9-10,12-14H2,3-5H3;1H/q+1;/p-1/t16-,17-,18+,19+,22-,23-;/m1./s1. The van der Waals surface area contributed by atoms with E-state index >= 15 is 0 Å². The van der Waals surface area contributed by atoms with E-state index in [1.165, 1.54) is 22.7 Å². The van der Waals surface area contributed by atoms with Crippen molar-refractivity contribution in [3.63, 3.8) is 0 Å². The van der Waals surface area contributed by atoms with Crippen LogP contribution in [0, 0.1) is 11.8 Å². The molecule has 2 amide bonds. The Hall–Kier alpha value is -2.36. The minimum absolute atomic E-state index is 0. The summed E-state index contributed by atoms with van der Waals surface area (Å²) in [6, 6.07) is -0.435. The Morgan fingerprint density at radius 3 is 2.68 bits per heavy atom. The van der Waals surface area contributed by atoms with Gasteiger partial charge in [-0.25, -0.2) is 14.2 Å². The van der Waals surface area contributed by atoms with Crippen molar-refractivity contribution >= 4 is 45.9 Å². The monoisotopic (exact) mass is 714 g/mol. The number of hydrogen-bond acceptors (Lipinski definition) is 8. The molecule has 2 fully saturated rings. The van der Waals surface area contributed by atoms with E-state index in [9.17, 15) is 19.5 Å². The molecule has 0 saturated carbocycles. The van der Waals surface area contributed by atoms with Crippen LogP contribution in [-0.2, 0) is 32.5 Å². The average Bonchev–Trinajstić information content (AvgIpc) is 3.65. The zero-order valence-electron chi connectivity index (χ0n) is 23.3. The summed E-state index contributed by atoms with van der Waals surface area (Å²) < 4.78 is 15.0. The van der Waals surface area contributed by atoms with Crippen molar-refractivity contribution in [1.82, 2.24) is 14.2 Å². The maximum atomic E-state index is 13.2. The van der Waals surface area contributed by atoms with Gasteiger partial charge in [0, 0.05) is 34.0 Å². The third-order valence-corrected chi connectivity index (χ3v) is 10.2. The molecule has 5 heterocycles. The number of ether oxygens (including phenoxy) is 2. The number of thiazole rings is 1. The van der Waals surface area contributed by atoms with Crippen LogP contribution in [-0.4, -0.2) is 80.5 Å². The highest BCUT2D eigenvalue weighted by molar-refractivity contribution is 8.03. The van der Waals surface area contributed by atoms with E-state index in [0.29, 0.717) is 19.4 Å². The second-order valence-corrected chi connectivity index (χ2v) is 12.7. The van der Waals surface area contributed by atoms with Gasteiger partial charge in [-0.1, -0.05) is 43.6 Å². The zero-order chi connectivity index (χ0) is 28.7. The fraction of sp³-hybridized carbons (Fsp3) is 0.500. The van der Waals surface area contributed by atoms with E-state index in [0.717, 1.165) is 15.6 Å². The predicted molar refractivity (Wildman–Crippen MR) is 151 cm³/mol. The van der Waals surface area contributed by atoms with Gasteiger partial charge >= 0.3 is 12.1 Å². The van der Waals surface area contributed by atoms with Gasteiger partial charge in [0.15, 0.2) is 0 Å². The topological polar surface area (TPSA) is 105 Å². The van der Waals surface area contributed by atoms with Gasteiger partial charge in [0.2, 0.25) is 10.7 Å². The van der Waals surface area contributed by atoms with Crippen molar-refractivity contribution in [2.45, 2.75) is 50.1 Å². The molecule has 41 heavy (non-hydrogen) atoms. The number of halogens is 1. The second-order valence-electron chi connectivity index (χ2n) is 10.5. The summed E-state index contributed by atoms with van der Waals surface area (Å²) in [5, 5.41) is 12.3. The third kappa shape index (κ3) is 5.69. The number of thioether (sulfide) groups is 1. The molecule has 3 aliphatic heterocycles. The van der Waals surface area contributed by atoms with Crippen molar-refractivity contribution in [2.75, 3.05) is 19.8 Å². The van der Waals surface area contributed by atoms with Crippen LogP contribution in [0.4, 0.5) is 4.79 Å². The van der Waals surface area contributed by atoms with E-state index in [-0.39, 0.29) is 72.0 Å². The van der Waals surface area contributed by atoms with Gasteiger partial charge in [-0.3, -0.25) is 4.79 Å². The first kappa shape index (κ1) is 31.6. The number of imidazole rings is 1. The van der Waals surface area contributed by atoms with Gasteiger partial charge in [0.25, 0.3) is 5.82 Å². The summed E-state index contributed by atoms with van der Waals surface area (Å²) in [6.45, 7) is 11.4. The molecule has 2 aromatic rings. The van der Waals surface area contributed by atoms with E-state index < -0.39 is 24.1 Å². The summed E-state index contributed by atoms with van der Waals surface area (Å²) in [6.07, 6.45) is 7.21. The van der Waals surface area contributed by atoms with Crippen molar-refractivity contribution in [1.29, 1.82) is 0 Å². The number of aliphatic hydroxyl groups is 1. The lowest BCUT2D eigenvalue weighted by Gasteiger charge is -2.46. The lowest BCUT2D eigenvalue weighted by molar-refractivity contribution is -0.678. The molecule has 10 nitrogen and oxygen atoms in total. The van der Waals surface area contributed by atoms with Gasteiger partial charge < -0.3 is 48.4 Å². The Labute approximate surface area is 264 Å². The number of carbonyl (C=O) groups excluding carboxylic acids is 3. The number of aliphatic hydroxyl groups excluding tert-OH is 1. The Kier molecular flexibility index (Phi) is 9.92. The highest BCUT2D eigenvalue weighted by Crippen LogP contribution is 2.52. The quantitative estimate of drug-likeness (QED) is 0.118. The zero-order valence-corrected chi connectivity index (χ0v) is 27.1. The number of fused-ring (bicyclic) bond motifs is 2. The molecular weight excluding hydrogens is 679 g/mol. The molecule has 222 valence electrons. The minimum Gasteiger partial charge on any atom is -1.00 e. The molecule has 2 saturated heterocycles. The van der Waals surface area contributed by atoms with E-state index in [2.05, 4.69) is 28.3 Å². The van der Waals surface area contributed by atoms with Crippen molar-refractivity contribution in [2.24, 2.45) is 18.9 Å². The number of aryl methyl sites for hydroxylation is 1. The van der Waals surface area contributed by atoms with Gasteiger partial charge in [-0.2, -0.15) is 4.40 Å². The predicted octanol–water partition coefficient (Wildman–Crippen LogP) is -0.331. The second kappa shape index (κ2) is 12.9. The molecule has 0 spiro atoms. The third-order valence-electron chi connectivity index (χ3n) is 7.91. The molecule has 0 unspecified atom stereocenters. The summed E-state index contributed by atoms with van der Waals surface area (Å²) in [7, 11) is 2.00. The molecule has 13 heteroatoms. The van der Waals surface area contributed by atoms with Crippen molar-refractivity contribution in [3.05, 3.63) is 59.5 Å². The Morgan fingerprint density at radius 2 is 2.00 bits per heavy atom. The molecule has 2 aromatic heterocycles. The number of carbonyl (C=O) groups is 3. The molecule has 5 rings (SSSR count). The summed E-state index contributed by atoms with van der Waals surface area (Å²) in [4.78, 5) is 44.4.